The molecule has 6 rings (SSSR count). The van der Waals surface area contributed by atoms with Gasteiger partial charge in [0.05, 0.1) is 5.52 Å². The van der Waals surface area contributed by atoms with Crippen LogP contribution in [0.1, 0.15) is 60.9 Å². The van der Waals surface area contributed by atoms with Gasteiger partial charge in [-0.2, -0.15) is 0 Å². The van der Waals surface area contributed by atoms with Gasteiger partial charge in [-0.15, -0.1) is 0 Å². The van der Waals surface area contributed by atoms with Gasteiger partial charge in [0.1, 0.15) is 5.82 Å². The number of rotatable bonds is 5. The molecule has 1 aromatic heterocycles. The maximum absolute atomic E-state index is 13.5. The smallest absolute Gasteiger partial charge is 0.195 e. The number of hydrogen-bond donors (Lipinski definition) is 1. The molecule has 0 atom stereocenters. The molecular weight excluding hydrogens is 442 g/mol. The first kappa shape index (κ1) is 22.1. The lowest BCUT2D eigenvalue weighted by atomic mass is 9.87. The standard InChI is InChI=1S/C29H32ClN3O/c30-21-8-9-22-24(18-21)28(34)26-23-6-1-2-7-25(23)32-29(27(22)26)33-16-12-20(13-17-33)5-3-4-19-10-14-31-15-11-19/h1-2,6-9,18-20,31H,3-5,10-17H2. The number of nitrogens with one attached hydrogen (secondary N) is 1. The van der Waals surface area contributed by atoms with Crippen LogP contribution in [0.4, 0.5) is 5.82 Å². The van der Waals surface area contributed by atoms with Gasteiger partial charge in [0.25, 0.3) is 0 Å². The first-order valence-corrected chi connectivity index (χ1v) is 13.3. The van der Waals surface area contributed by atoms with Crippen LogP contribution in [0.2, 0.25) is 5.02 Å². The van der Waals surface area contributed by atoms with E-state index < -0.39 is 0 Å². The number of carbonyl (C=O) groups is 1. The first-order chi connectivity index (χ1) is 16.7. The average Bonchev–Trinajstić information content (AvgIpc) is 3.17. The molecule has 3 aliphatic rings. The minimum absolute atomic E-state index is 0.0696. The lowest BCUT2D eigenvalue weighted by Crippen LogP contribution is -2.34. The Morgan fingerprint density at radius 1 is 0.912 bits per heavy atom. The van der Waals surface area contributed by atoms with Gasteiger partial charge in [-0.1, -0.05) is 55.1 Å². The molecule has 0 spiro atoms. The van der Waals surface area contributed by atoms with Crippen molar-refractivity contribution < 1.29 is 4.79 Å². The molecule has 2 fully saturated rings. The highest BCUT2D eigenvalue weighted by atomic mass is 35.5. The topological polar surface area (TPSA) is 45.2 Å². The number of carbonyl (C=O) groups excluding carboxylic acids is 1. The van der Waals surface area contributed by atoms with Crippen LogP contribution in [0.15, 0.2) is 42.5 Å². The molecule has 0 bridgehead atoms. The summed E-state index contributed by atoms with van der Waals surface area (Å²) in [7, 11) is 0. The van der Waals surface area contributed by atoms with E-state index >= 15 is 0 Å². The lowest BCUT2D eigenvalue weighted by molar-refractivity contribution is 0.104. The van der Waals surface area contributed by atoms with Crippen LogP contribution < -0.4 is 10.2 Å². The fourth-order valence-electron chi connectivity index (χ4n) is 6.27. The number of halogens is 1. The summed E-state index contributed by atoms with van der Waals surface area (Å²) in [6.45, 7) is 4.41. The van der Waals surface area contributed by atoms with Crippen LogP contribution in [0.25, 0.3) is 22.0 Å². The van der Waals surface area contributed by atoms with E-state index in [1.165, 1.54) is 58.0 Å². The minimum Gasteiger partial charge on any atom is -0.356 e. The summed E-state index contributed by atoms with van der Waals surface area (Å²) >= 11 is 6.26. The Kier molecular flexibility index (Phi) is 6.04. The second kappa shape index (κ2) is 9.31. The Hall–Kier alpha value is -2.43. The summed E-state index contributed by atoms with van der Waals surface area (Å²) in [4.78, 5) is 21.0. The van der Waals surface area contributed by atoms with E-state index in [-0.39, 0.29) is 5.78 Å². The van der Waals surface area contributed by atoms with Crippen molar-refractivity contribution in [1.82, 2.24) is 10.3 Å². The second-order valence-electron chi connectivity index (χ2n) is 10.3. The Morgan fingerprint density at radius 2 is 1.65 bits per heavy atom. The molecule has 0 amide bonds. The lowest BCUT2D eigenvalue weighted by Gasteiger charge is -2.34. The van der Waals surface area contributed by atoms with Crippen molar-refractivity contribution in [2.24, 2.45) is 11.8 Å². The van der Waals surface area contributed by atoms with Gasteiger partial charge in [-0.3, -0.25) is 4.79 Å². The molecule has 0 unspecified atom stereocenters. The molecule has 2 aliphatic heterocycles. The van der Waals surface area contributed by atoms with Crippen LogP contribution in [0.3, 0.4) is 0 Å². The molecule has 1 N–H and O–H groups in total. The van der Waals surface area contributed by atoms with Gasteiger partial charge < -0.3 is 10.2 Å². The second-order valence-corrected chi connectivity index (χ2v) is 10.7. The van der Waals surface area contributed by atoms with Gasteiger partial charge in [0.2, 0.25) is 0 Å². The van der Waals surface area contributed by atoms with E-state index in [4.69, 9.17) is 16.6 Å². The predicted molar refractivity (Wildman–Crippen MR) is 140 cm³/mol. The zero-order valence-electron chi connectivity index (χ0n) is 19.7. The van der Waals surface area contributed by atoms with Crippen LogP contribution in [-0.2, 0) is 0 Å². The average molecular weight is 474 g/mol. The minimum atomic E-state index is 0.0696. The molecule has 3 heterocycles. The molecule has 0 radical (unpaired) electrons. The van der Waals surface area contributed by atoms with Crippen molar-refractivity contribution in [3.8, 4) is 11.1 Å². The largest absolute Gasteiger partial charge is 0.356 e. The number of pyridine rings is 1. The molecule has 34 heavy (non-hydrogen) atoms. The highest BCUT2D eigenvalue weighted by Crippen LogP contribution is 2.46. The van der Waals surface area contributed by atoms with Crippen LogP contribution in [-0.4, -0.2) is 36.9 Å². The number of fused-ring (bicyclic) bond motifs is 5. The van der Waals surface area contributed by atoms with Crippen molar-refractivity contribution in [2.45, 2.75) is 44.9 Å². The molecule has 2 aromatic carbocycles. The first-order valence-electron chi connectivity index (χ1n) is 12.9. The van der Waals surface area contributed by atoms with Crippen LogP contribution >= 0.6 is 11.6 Å². The quantitative estimate of drug-likeness (QED) is 0.360. The maximum Gasteiger partial charge on any atom is 0.195 e. The SMILES string of the molecule is O=C1c2cc(Cl)ccc2-c2c(N3CCC(CCCC4CCNCC4)CC3)nc3ccccc3c21. The number of aromatic nitrogens is 1. The van der Waals surface area contributed by atoms with Crippen molar-refractivity contribution in [1.29, 1.82) is 0 Å². The highest BCUT2D eigenvalue weighted by Gasteiger charge is 2.34. The van der Waals surface area contributed by atoms with Gasteiger partial charge in [0.15, 0.2) is 5.78 Å². The van der Waals surface area contributed by atoms with Gasteiger partial charge in [-0.05, 0) is 74.4 Å². The number of hydrogen-bond acceptors (Lipinski definition) is 4. The summed E-state index contributed by atoms with van der Waals surface area (Å²) in [5.41, 5.74) is 4.37. The Labute approximate surface area is 206 Å². The van der Waals surface area contributed by atoms with Crippen LogP contribution in [0.5, 0.6) is 0 Å². The monoisotopic (exact) mass is 473 g/mol. The molecule has 3 aromatic rings. The fraction of sp³-hybridized carbons (Fsp3) is 0.448. The fourth-order valence-corrected chi connectivity index (χ4v) is 6.45. The van der Waals surface area contributed by atoms with E-state index in [0.717, 1.165) is 58.3 Å². The third-order valence-corrected chi connectivity index (χ3v) is 8.43. The molecule has 0 saturated carbocycles. The van der Waals surface area contributed by atoms with Crippen LogP contribution in [0, 0.1) is 11.8 Å². The number of benzene rings is 2. The molecule has 1 aliphatic carbocycles. The number of ketones is 1. The van der Waals surface area contributed by atoms with Crippen molar-refractivity contribution in [2.75, 3.05) is 31.1 Å². The zero-order chi connectivity index (χ0) is 23.1. The third kappa shape index (κ3) is 4.01. The normalized spacial score (nSPS) is 19.0. The van der Waals surface area contributed by atoms with Crippen molar-refractivity contribution in [3.63, 3.8) is 0 Å². The van der Waals surface area contributed by atoms with Crippen molar-refractivity contribution in [3.05, 3.63) is 58.6 Å². The van der Waals surface area contributed by atoms with Gasteiger partial charge >= 0.3 is 0 Å². The van der Waals surface area contributed by atoms with E-state index in [1.54, 1.807) is 0 Å². The van der Waals surface area contributed by atoms with E-state index in [2.05, 4.69) is 10.2 Å². The number of para-hydroxylation sites is 1. The molecule has 176 valence electrons. The summed E-state index contributed by atoms with van der Waals surface area (Å²) in [6, 6.07) is 13.7. The summed E-state index contributed by atoms with van der Waals surface area (Å²) in [5, 5.41) is 5.01. The number of nitrogens with zero attached hydrogens (tertiary/aromatic N) is 2. The van der Waals surface area contributed by atoms with Crippen molar-refractivity contribution >= 4 is 34.1 Å². The summed E-state index contributed by atoms with van der Waals surface area (Å²) in [6.07, 6.45) is 9.21. The predicted octanol–water partition coefficient (Wildman–Crippen LogP) is 6.49. The highest BCUT2D eigenvalue weighted by molar-refractivity contribution is 6.33. The van der Waals surface area contributed by atoms with E-state index in [1.807, 2.05) is 42.5 Å². The summed E-state index contributed by atoms with van der Waals surface area (Å²) in [5.74, 6) is 2.77. The van der Waals surface area contributed by atoms with Gasteiger partial charge in [-0.25, -0.2) is 4.98 Å². The Balaban J connectivity index is 1.23. The molecule has 2 saturated heterocycles. The molecular formula is C29H32ClN3O. The van der Waals surface area contributed by atoms with Gasteiger partial charge in [0, 0.05) is 40.2 Å². The number of anilines is 1. The Morgan fingerprint density at radius 3 is 2.44 bits per heavy atom. The molecule has 5 heteroatoms. The zero-order valence-corrected chi connectivity index (χ0v) is 20.4. The Bertz CT molecular complexity index is 1230. The maximum atomic E-state index is 13.5. The van der Waals surface area contributed by atoms with E-state index in [0.29, 0.717) is 10.6 Å². The molecule has 4 nitrogen and oxygen atoms in total. The summed E-state index contributed by atoms with van der Waals surface area (Å²) < 4.78 is 0. The van der Waals surface area contributed by atoms with E-state index in [9.17, 15) is 4.79 Å². The third-order valence-electron chi connectivity index (χ3n) is 8.19. The number of piperidine rings is 2.